The number of carboxylic acid groups (broad SMARTS) is 1. The highest BCUT2D eigenvalue weighted by atomic mass is 19.1. The van der Waals surface area contributed by atoms with Crippen molar-refractivity contribution in [1.29, 1.82) is 0 Å². The fraction of sp³-hybridized carbons (Fsp3) is 0.364. The molecule has 0 unspecified atom stereocenters. The van der Waals surface area contributed by atoms with Gasteiger partial charge < -0.3 is 9.84 Å². The maximum absolute atomic E-state index is 13.2. The van der Waals surface area contributed by atoms with E-state index in [0.29, 0.717) is 17.9 Å². The number of aryl methyl sites for hydroxylation is 1. The van der Waals surface area contributed by atoms with Crippen molar-refractivity contribution in [2.75, 3.05) is 6.61 Å². The molecule has 0 aromatic heterocycles. The molecule has 0 radical (unpaired) electrons. The van der Waals surface area contributed by atoms with E-state index in [-0.39, 0.29) is 18.7 Å². The Hall–Kier alpha value is -1.58. The minimum atomic E-state index is -0.934. The van der Waals surface area contributed by atoms with E-state index in [0.717, 1.165) is 0 Å². The van der Waals surface area contributed by atoms with Gasteiger partial charge in [0.1, 0.15) is 11.6 Å². The molecular weight excluding hydrogens is 199 g/mol. The highest BCUT2D eigenvalue weighted by Crippen LogP contribution is 2.18. The number of hydrogen-bond donors (Lipinski definition) is 1. The third-order valence-electron chi connectivity index (χ3n) is 1.94. The van der Waals surface area contributed by atoms with Crippen LogP contribution < -0.4 is 4.74 Å². The minimum absolute atomic E-state index is 0.0769. The van der Waals surface area contributed by atoms with Gasteiger partial charge in [-0.25, -0.2) is 4.39 Å². The molecule has 0 heterocycles. The van der Waals surface area contributed by atoms with Crippen molar-refractivity contribution in [2.45, 2.75) is 19.8 Å². The second-order valence-corrected chi connectivity index (χ2v) is 3.08. The van der Waals surface area contributed by atoms with E-state index in [1.54, 1.807) is 6.07 Å². The molecule has 0 fully saturated rings. The Morgan fingerprint density at radius 2 is 2.27 bits per heavy atom. The van der Waals surface area contributed by atoms with Crippen LogP contribution in [-0.4, -0.2) is 17.7 Å². The topological polar surface area (TPSA) is 46.5 Å². The van der Waals surface area contributed by atoms with E-state index in [9.17, 15) is 9.18 Å². The molecule has 0 atom stereocenters. The molecule has 0 aliphatic heterocycles. The maximum atomic E-state index is 13.2. The third-order valence-corrected chi connectivity index (χ3v) is 1.94. The number of rotatable bonds is 5. The summed E-state index contributed by atoms with van der Waals surface area (Å²) >= 11 is 0. The average molecular weight is 212 g/mol. The second-order valence-electron chi connectivity index (χ2n) is 3.08. The van der Waals surface area contributed by atoms with Crippen molar-refractivity contribution in [1.82, 2.24) is 0 Å². The Morgan fingerprint density at radius 3 is 2.87 bits per heavy atom. The van der Waals surface area contributed by atoms with Crippen LogP contribution in [0.2, 0.25) is 0 Å². The Morgan fingerprint density at radius 1 is 1.53 bits per heavy atom. The lowest BCUT2D eigenvalue weighted by Gasteiger charge is -2.06. The molecule has 1 aromatic rings. The Bertz CT molecular complexity index is 350. The monoisotopic (exact) mass is 212 g/mol. The van der Waals surface area contributed by atoms with Gasteiger partial charge in [-0.05, 0) is 37.1 Å². The molecule has 1 N–H and O–H groups in total. The van der Waals surface area contributed by atoms with E-state index in [1.165, 1.54) is 12.1 Å². The molecule has 3 nitrogen and oxygen atoms in total. The van der Waals surface area contributed by atoms with Gasteiger partial charge in [0.05, 0.1) is 6.61 Å². The number of ether oxygens (including phenoxy) is 1. The molecular formula is C11H13FO3. The Labute approximate surface area is 87.5 Å². The third kappa shape index (κ3) is 3.58. The van der Waals surface area contributed by atoms with Crippen molar-refractivity contribution in [2.24, 2.45) is 0 Å². The Kier molecular flexibility index (Phi) is 4.09. The molecule has 4 heteroatoms. The van der Waals surface area contributed by atoms with Crippen LogP contribution in [-0.2, 0) is 11.2 Å². The lowest BCUT2D eigenvalue weighted by Crippen LogP contribution is -2.00. The first-order chi connectivity index (χ1) is 7.13. The lowest BCUT2D eigenvalue weighted by atomic mass is 10.1. The summed E-state index contributed by atoms with van der Waals surface area (Å²) in [6.07, 6.45) is 0.106. The summed E-state index contributed by atoms with van der Waals surface area (Å²) in [7, 11) is 0. The number of halogens is 1. The summed E-state index contributed by atoms with van der Waals surface area (Å²) in [5.41, 5.74) is 0.378. The van der Waals surface area contributed by atoms with E-state index in [2.05, 4.69) is 0 Å². The first kappa shape index (κ1) is 11.5. The van der Waals surface area contributed by atoms with Gasteiger partial charge in [0, 0.05) is 6.42 Å². The van der Waals surface area contributed by atoms with Crippen LogP contribution in [0.1, 0.15) is 18.9 Å². The fourth-order valence-corrected chi connectivity index (χ4v) is 1.24. The van der Waals surface area contributed by atoms with Crippen LogP contribution in [0, 0.1) is 5.82 Å². The van der Waals surface area contributed by atoms with Gasteiger partial charge in [-0.3, -0.25) is 4.79 Å². The number of benzene rings is 1. The zero-order valence-corrected chi connectivity index (χ0v) is 8.50. The number of carboxylic acids is 1. The molecule has 82 valence electrons. The molecule has 15 heavy (non-hydrogen) atoms. The Balaban J connectivity index is 2.75. The molecule has 0 aliphatic rings. The van der Waals surface area contributed by atoms with Crippen LogP contribution in [0.4, 0.5) is 4.39 Å². The number of aliphatic carboxylic acids is 1. The lowest BCUT2D eigenvalue weighted by molar-refractivity contribution is -0.136. The first-order valence-electron chi connectivity index (χ1n) is 4.76. The predicted octanol–water partition coefficient (Wildman–Crippen LogP) is 2.24. The largest absolute Gasteiger partial charge is 0.494 e. The molecule has 0 bridgehead atoms. The maximum Gasteiger partial charge on any atom is 0.303 e. The summed E-state index contributed by atoms with van der Waals surface area (Å²) in [5.74, 6) is -0.754. The van der Waals surface area contributed by atoms with Crippen LogP contribution in [0.5, 0.6) is 5.75 Å². The van der Waals surface area contributed by atoms with Crippen LogP contribution in [0.3, 0.4) is 0 Å². The molecule has 1 rings (SSSR count). The van der Waals surface area contributed by atoms with Crippen LogP contribution in [0.25, 0.3) is 0 Å². The average Bonchev–Trinajstić information content (AvgIpc) is 2.19. The van der Waals surface area contributed by atoms with Crippen LogP contribution >= 0.6 is 0 Å². The summed E-state index contributed by atoms with van der Waals surface area (Å²) < 4.78 is 18.4. The zero-order chi connectivity index (χ0) is 11.3. The highest BCUT2D eigenvalue weighted by molar-refractivity contribution is 5.67. The summed E-state index contributed by atoms with van der Waals surface area (Å²) in [6.45, 7) is 2.34. The standard InChI is InChI=1S/C11H13FO3/c1-2-15-9-4-5-10(12)8(7-9)3-6-11(13)14/h4-5,7H,2-3,6H2,1H3,(H,13,14). The molecule has 0 saturated carbocycles. The van der Waals surface area contributed by atoms with Gasteiger partial charge in [-0.1, -0.05) is 0 Å². The first-order valence-corrected chi connectivity index (χ1v) is 4.76. The molecule has 0 aliphatic carbocycles. The van der Waals surface area contributed by atoms with Crippen molar-refractivity contribution in [3.05, 3.63) is 29.6 Å². The van der Waals surface area contributed by atoms with Crippen molar-refractivity contribution < 1.29 is 19.0 Å². The van der Waals surface area contributed by atoms with E-state index in [1.807, 2.05) is 6.92 Å². The van der Waals surface area contributed by atoms with E-state index in [4.69, 9.17) is 9.84 Å². The molecule has 0 spiro atoms. The van der Waals surface area contributed by atoms with E-state index < -0.39 is 5.97 Å². The summed E-state index contributed by atoms with van der Waals surface area (Å²) in [4.78, 5) is 10.3. The van der Waals surface area contributed by atoms with Gasteiger partial charge >= 0.3 is 5.97 Å². The fourth-order valence-electron chi connectivity index (χ4n) is 1.24. The quantitative estimate of drug-likeness (QED) is 0.814. The SMILES string of the molecule is CCOc1ccc(F)c(CCC(=O)O)c1. The van der Waals surface area contributed by atoms with E-state index >= 15 is 0 Å². The zero-order valence-electron chi connectivity index (χ0n) is 8.50. The number of carbonyl (C=O) groups is 1. The van der Waals surface area contributed by atoms with Crippen molar-refractivity contribution in [3.63, 3.8) is 0 Å². The summed E-state index contributed by atoms with van der Waals surface area (Å²) in [5, 5.41) is 8.48. The van der Waals surface area contributed by atoms with Gasteiger partial charge in [-0.2, -0.15) is 0 Å². The number of hydrogen-bond acceptors (Lipinski definition) is 2. The molecule has 1 aromatic carbocycles. The molecule has 0 saturated heterocycles. The normalized spacial score (nSPS) is 10.0. The highest BCUT2D eigenvalue weighted by Gasteiger charge is 2.06. The predicted molar refractivity (Wildman–Crippen MR) is 53.5 cm³/mol. The molecule has 0 amide bonds. The smallest absolute Gasteiger partial charge is 0.303 e. The van der Waals surface area contributed by atoms with Crippen LogP contribution in [0.15, 0.2) is 18.2 Å². The van der Waals surface area contributed by atoms with Crippen molar-refractivity contribution >= 4 is 5.97 Å². The second kappa shape index (κ2) is 5.34. The van der Waals surface area contributed by atoms with Gasteiger partial charge in [0.15, 0.2) is 0 Å². The van der Waals surface area contributed by atoms with Gasteiger partial charge in [0.2, 0.25) is 0 Å². The summed E-state index contributed by atoms with van der Waals surface area (Å²) in [6, 6.07) is 4.37. The van der Waals surface area contributed by atoms with Crippen molar-refractivity contribution in [3.8, 4) is 5.75 Å². The van der Waals surface area contributed by atoms with Gasteiger partial charge in [-0.15, -0.1) is 0 Å². The van der Waals surface area contributed by atoms with Gasteiger partial charge in [0.25, 0.3) is 0 Å². The minimum Gasteiger partial charge on any atom is -0.494 e.